The van der Waals surface area contributed by atoms with Crippen molar-refractivity contribution in [3.8, 4) is 0 Å². The van der Waals surface area contributed by atoms with Gasteiger partial charge in [-0.2, -0.15) is 0 Å². The molecular weight excluding hydrogens is 266 g/mol. The van der Waals surface area contributed by atoms with Crippen LogP contribution in [0.3, 0.4) is 0 Å². The van der Waals surface area contributed by atoms with Crippen molar-refractivity contribution in [1.82, 2.24) is 4.90 Å². The molecule has 1 amide bonds. The van der Waals surface area contributed by atoms with E-state index in [-0.39, 0.29) is 6.42 Å². The van der Waals surface area contributed by atoms with E-state index in [0.717, 1.165) is 56.0 Å². The van der Waals surface area contributed by atoms with Crippen molar-refractivity contribution in [2.24, 2.45) is 35.5 Å². The lowest BCUT2D eigenvalue weighted by Crippen LogP contribution is -2.41. The Morgan fingerprint density at radius 1 is 1.10 bits per heavy atom. The molecule has 4 heteroatoms. The van der Waals surface area contributed by atoms with Gasteiger partial charge in [0.05, 0.1) is 0 Å². The van der Waals surface area contributed by atoms with Gasteiger partial charge in [0, 0.05) is 25.4 Å². The van der Waals surface area contributed by atoms with Crippen LogP contribution in [0.4, 0.5) is 0 Å². The Bertz CT molecular complexity index is 447. The smallest absolute Gasteiger partial charge is 0.303 e. The van der Waals surface area contributed by atoms with Crippen LogP contribution in [0.1, 0.15) is 44.9 Å². The zero-order valence-electron chi connectivity index (χ0n) is 12.5. The summed E-state index contributed by atoms with van der Waals surface area (Å²) in [6.45, 7) is 1.70. The number of hydrogen-bond acceptors (Lipinski definition) is 2. The molecule has 1 N–H and O–H groups in total. The van der Waals surface area contributed by atoms with E-state index in [1.54, 1.807) is 0 Å². The average molecular weight is 291 g/mol. The zero-order valence-corrected chi connectivity index (χ0v) is 12.5. The fourth-order valence-electron chi connectivity index (χ4n) is 5.69. The second kappa shape index (κ2) is 4.99. The summed E-state index contributed by atoms with van der Waals surface area (Å²) in [4.78, 5) is 25.6. The Hall–Kier alpha value is -1.06. The van der Waals surface area contributed by atoms with Gasteiger partial charge in [0.1, 0.15) is 0 Å². The molecule has 0 aromatic carbocycles. The first-order valence-electron chi connectivity index (χ1n) is 8.65. The minimum absolute atomic E-state index is 0.242. The summed E-state index contributed by atoms with van der Waals surface area (Å²) in [5, 5.41) is 8.81. The molecule has 1 heterocycles. The maximum absolute atomic E-state index is 12.8. The van der Waals surface area contributed by atoms with E-state index in [2.05, 4.69) is 4.90 Å². The first-order valence-corrected chi connectivity index (χ1v) is 8.65. The highest BCUT2D eigenvalue weighted by atomic mass is 16.4. The molecule has 4 aliphatic rings. The fraction of sp³-hybridized carbons (Fsp3) is 0.882. The molecule has 0 aromatic rings. The Labute approximate surface area is 125 Å². The van der Waals surface area contributed by atoms with Crippen LogP contribution in [0.15, 0.2) is 0 Å². The van der Waals surface area contributed by atoms with Gasteiger partial charge in [-0.1, -0.05) is 0 Å². The van der Waals surface area contributed by atoms with E-state index in [4.69, 9.17) is 5.11 Å². The standard InChI is InChI=1S/C17H25NO3/c19-13(20)6-3-10-2-1-7-18(9-10)17(21)16-14-11-4-5-12(8-11)15(14)16/h10-12,14-16H,1-9H2,(H,19,20)/t10-,11-,12-,14-,15-/m0/s1. The van der Waals surface area contributed by atoms with Crippen LogP contribution in [0.5, 0.6) is 0 Å². The molecule has 5 atom stereocenters. The third-order valence-electron chi connectivity index (χ3n) is 6.62. The maximum Gasteiger partial charge on any atom is 0.303 e. The van der Waals surface area contributed by atoms with E-state index in [1.807, 2.05) is 0 Å². The minimum Gasteiger partial charge on any atom is -0.481 e. The predicted molar refractivity (Wildman–Crippen MR) is 77.5 cm³/mol. The molecule has 3 saturated carbocycles. The topological polar surface area (TPSA) is 57.6 Å². The van der Waals surface area contributed by atoms with E-state index < -0.39 is 5.97 Å². The van der Waals surface area contributed by atoms with Crippen molar-refractivity contribution in [1.29, 1.82) is 0 Å². The molecular formula is C17H25NO3. The fourth-order valence-corrected chi connectivity index (χ4v) is 5.69. The van der Waals surface area contributed by atoms with E-state index in [9.17, 15) is 9.59 Å². The van der Waals surface area contributed by atoms with Crippen LogP contribution in [-0.4, -0.2) is 35.0 Å². The number of amides is 1. The number of aliphatic carboxylic acids is 1. The molecule has 4 nitrogen and oxygen atoms in total. The molecule has 2 bridgehead atoms. The van der Waals surface area contributed by atoms with Crippen molar-refractivity contribution in [3.63, 3.8) is 0 Å². The Morgan fingerprint density at radius 2 is 1.81 bits per heavy atom. The van der Waals surface area contributed by atoms with E-state index in [1.165, 1.54) is 19.3 Å². The Balaban J connectivity index is 1.34. The highest BCUT2D eigenvalue weighted by Crippen LogP contribution is 2.69. The lowest BCUT2D eigenvalue weighted by atomic mass is 9.92. The Morgan fingerprint density at radius 3 is 2.48 bits per heavy atom. The molecule has 0 unspecified atom stereocenters. The van der Waals surface area contributed by atoms with E-state index in [0.29, 0.717) is 17.7 Å². The van der Waals surface area contributed by atoms with Gasteiger partial charge in [-0.3, -0.25) is 9.59 Å². The summed E-state index contributed by atoms with van der Waals surface area (Å²) < 4.78 is 0. The van der Waals surface area contributed by atoms with Crippen LogP contribution in [0.2, 0.25) is 0 Å². The van der Waals surface area contributed by atoms with Crippen LogP contribution in [0, 0.1) is 35.5 Å². The van der Waals surface area contributed by atoms with E-state index >= 15 is 0 Å². The van der Waals surface area contributed by atoms with Crippen molar-refractivity contribution < 1.29 is 14.7 Å². The molecule has 4 rings (SSSR count). The number of carbonyl (C=O) groups excluding carboxylic acids is 1. The number of piperidine rings is 1. The van der Waals surface area contributed by atoms with Crippen molar-refractivity contribution >= 4 is 11.9 Å². The second-order valence-electron chi connectivity index (χ2n) is 7.74. The van der Waals surface area contributed by atoms with Crippen molar-refractivity contribution in [3.05, 3.63) is 0 Å². The lowest BCUT2D eigenvalue weighted by molar-refractivity contribution is -0.137. The summed E-state index contributed by atoms with van der Waals surface area (Å²) in [7, 11) is 0. The summed E-state index contributed by atoms with van der Waals surface area (Å²) in [6, 6.07) is 0. The monoisotopic (exact) mass is 291 g/mol. The zero-order chi connectivity index (χ0) is 14.6. The van der Waals surface area contributed by atoms with Gasteiger partial charge in [-0.25, -0.2) is 0 Å². The average Bonchev–Trinajstić information content (AvgIpc) is 2.91. The minimum atomic E-state index is -0.716. The van der Waals surface area contributed by atoms with Gasteiger partial charge in [0.25, 0.3) is 0 Å². The van der Waals surface area contributed by atoms with Gasteiger partial charge in [-0.15, -0.1) is 0 Å². The quantitative estimate of drug-likeness (QED) is 0.865. The van der Waals surface area contributed by atoms with Gasteiger partial charge in [0.15, 0.2) is 0 Å². The van der Waals surface area contributed by atoms with Crippen molar-refractivity contribution in [2.75, 3.05) is 13.1 Å². The van der Waals surface area contributed by atoms with Gasteiger partial charge in [0.2, 0.25) is 5.91 Å². The summed E-state index contributed by atoms with van der Waals surface area (Å²) in [6.07, 6.45) is 7.20. The molecule has 21 heavy (non-hydrogen) atoms. The highest BCUT2D eigenvalue weighted by molar-refractivity contribution is 5.83. The molecule has 0 aromatic heterocycles. The molecule has 4 fully saturated rings. The third kappa shape index (κ3) is 2.27. The number of carboxylic acids is 1. The number of nitrogens with zero attached hydrogens (tertiary/aromatic N) is 1. The van der Waals surface area contributed by atoms with Crippen LogP contribution < -0.4 is 0 Å². The molecule has 1 aliphatic heterocycles. The first-order chi connectivity index (χ1) is 10.1. The molecule has 116 valence electrons. The Kier molecular flexibility index (Phi) is 3.23. The van der Waals surface area contributed by atoms with Crippen LogP contribution >= 0.6 is 0 Å². The second-order valence-corrected chi connectivity index (χ2v) is 7.74. The summed E-state index contributed by atoms with van der Waals surface area (Å²) in [5.41, 5.74) is 0. The number of likely N-dealkylation sites (tertiary alicyclic amines) is 1. The van der Waals surface area contributed by atoms with Crippen LogP contribution in [0.25, 0.3) is 0 Å². The number of hydrogen-bond donors (Lipinski definition) is 1. The maximum atomic E-state index is 12.8. The number of carboxylic acid groups (broad SMARTS) is 1. The summed E-state index contributed by atoms with van der Waals surface area (Å²) in [5.74, 6) is 3.56. The van der Waals surface area contributed by atoms with Crippen LogP contribution in [-0.2, 0) is 9.59 Å². The highest BCUT2D eigenvalue weighted by Gasteiger charge is 2.68. The molecule has 1 saturated heterocycles. The SMILES string of the molecule is O=C(O)CC[C@@H]1CCCN(C(=O)C2[C@H]3[C@H]4CC[C@@H](C4)[C@H]23)C1. The van der Waals surface area contributed by atoms with Gasteiger partial charge < -0.3 is 10.0 Å². The molecule has 0 radical (unpaired) electrons. The number of carbonyl (C=O) groups is 2. The molecule has 0 spiro atoms. The normalized spacial score (nSPS) is 43.7. The third-order valence-corrected chi connectivity index (χ3v) is 6.62. The molecule has 3 aliphatic carbocycles. The van der Waals surface area contributed by atoms with Gasteiger partial charge in [-0.05, 0) is 68.1 Å². The lowest BCUT2D eigenvalue weighted by Gasteiger charge is -2.33. The largest absolute Gasteiger partial charge is 0.481 e. The van der Waals surface area contributed by atoms with Crippen molar-refractivity contribution in [2.45, 2.75) is 44.9 Å². The van der Waals surface area contributed by atoms with Gasteiger partial charge >= 0.3 is 5.97 Å². The summed E-state index contributed by atoms with van der Waals surface area (Å²) >= 11 is 0. The predicted octanol–water partition coefficient (Wildman–Crippen LogP) is 2.38. The number of fused-ring (bicyclic) bond motifs is 5. The number of rotatable bonds is 4. The first kappa shape index (κ1) is 13.6.